The third kappa shape index (κ3) is 2.87. The molecule has 0 aromatic heterocycles. The highest BCUT2D eigenvalue weighted by Gasteiger charge is 2.54. The molecule has 0 radical (unpaired) electrons. The Labute approximate surface area is 141 Å². The molecule has 120 valence electrons. The van der Waals surface area contributed by atoms with Gasteiger partial charge in [0.25, 0.3) is 0 Å². The second kappa shape index (κ2) is 6.94. The highest BCUT2D eigenvalue weighted by Crippen LogP contribution is 2.43. The number of hydrogen-bond donors (Lipinski definition) is 0. The number of ether oxygens (including phenoxy) is 2. The molecule has 1 unspecified atom stereocenters. The molecule has 1 saturated heterocycles. The maximum Gasteiger partial charge on any atom is 0.321 e. The number of rotatable bonds is 4. The molecule has 0 spiro atoms. The molecular weight excluding hydrogens is 366 g/mol. The molecule has 23 heavy (non-hydrogen) atoms. The van der Waals surface area contributed by atoms with E-state index in [1.165, 1.54) is 19.1 Å². The second-order valence-corrected chi connectivity index (χ2v) is 5.91. The van der Waals surface area contributed by atoms with Crippen LogP contribution in [0.3, 0.4) is 0 Å². The van der Waals surface area contributed by atoms with Gasteiger partial charge in [0.1, 0.15) is 17.1 Å². The topological polar surface area (TPSA) is 72.9 Å². The van der Waals surface area contributed by atoms with Crippen LogP contribution in [0.15, 0.2) is 40.0 Å². The van der Waals surface area contributed by atoms with Crippen LogP contribution in [0.25, 0.3) is 0 Å². The normalized spacial score (nSPS) is 20.2. The Bertz CT molecular complexity index is 716. The van der Waals surface area contributed by atoms with Gasteiger partial charge < -0.3 is 14.4 Å². The lowest BCUT2D eigenvalue weighted by Crippen LogP contribution is -2.41. The van der Waals surface area contributed by atoms with Gasteiger partial charge in [-0.2, -0.15) is 0 Å². The van der Waals surface area contributed by atoms with E-state index in [1.54, 1.807) is 36.1 Å². The van der Waals surface area contributed by atoms with E-state index in [1.807, 2.05) is 0 Å². The molecule has 1 fully saturated rings. The van der Waals surface area contributed by atoms with E-state index in [9.17, 15) is 14.4 Å². The van der Waals surface area contributed by atoms with Crippen LogP contribution in [0.2, 0.25) is 0 Å². The number of hydrogen-bond acceptors (Lipinski definition) is 6. The molecule has 6 nitrogen and oxygen atoms in total. The number of carbonyl (C=O) groups excluding carboxylic acids is 3. The minimum Gasteiger partial charge on any atom is -0.468 e. The Morgan fingerprint density at radius 3 is 2.39 bits per heavy atom. The largest absolute Gasteiger partial charge is 0.468 e. The summed E-state index contributed by atoms with van der Waals surface area (Å²) in [4.78, 5) is 36.7. The number of nitrogens with zero attached hydrogens (tertiary/aromatic N) is 1. The zero-order chi connectivity index (χ0) is 17.0. The molecule has 0 N–H and O–H groups in total. The van der Waals surface area contributed by atoms with E-state index in [4.69, 9.17) is 9.47 Å². The minimum absolute atomic E-state index is 0.0320. The summed E-state index contributed by atoms with van der Waals surface area (Å²) in [5, 5.41) is 0. The summed E-state index contributed by atoms with van der Waals surface area (Å²) >= 11 is 3.33. The average molecular weight is 380 g/mol. The number of methoxy groups -OCH3 is 2. The van der Waals surface area contributed by atoms with Crippen LogP contribution < -0.4 is 4.90 Å². The minimum atomic E-state index is -1.41. The number of allylic oxidation sites excluding steroid dienone is 1. The van der Waals surface area contributed by atoms with Gasteiger partial charge in [-0.05, 0) is 24.3 Å². The highest BCUT2D eigenvalue weighted by atomic mass is 79.9. The van der Waals surface area contributed by atoms with Crippen molar-refractivity contribution in [1.29, 1.82) is 0 Å². The van der Waals surface area contributed by atoms with Crippen molar-refractivity contribution >= 4 is 39.5 Å². The number of anilines is 1. The zero-order valence-electron chi connectivity index (χ0n) is 12.6. The average Bonchev–Trinajstić information content (AvgIpc) is 2.89. The van der Waals surface area contributed by atoms with E-state index in [-0.39, 0.29) is 24.4 Å². The van der Waals surface area contributed by atoms with Gasteiger partial charge in [0, 0.05) is 23.8 Å². The van der Waals surface area contributed by atoms with Gasteiger partial charge in [0.2, 0.25) is 0 Å². The molecule has 1 aliphatic rings. The van der Waals surface area contributed by atoms with E-state index in [2.05, 4.69) is 15.9 Å². The highest BCUT2D eigenvalue weighted by molar-refractivity contribution is 9.10. The first-order chi connectivity index (χ1) is 11.0. The Kier molecular flexibility index (Phi) is 5.19. The number of esters is 1. The van der Waals surface area contributed by atoms with Gasteiger partial charge in [-0.25, -0.2) is 9.59 Å². The summed E-state index contributed by atoms with van der Waals surface area (Å²) in [6.07, 6.45) is 0. The molecule has 2 rings (SSSR count). The molecule has 1 aliphatic heterocycles. The molecule has 1 aromatic carbocycles. The van der Waals surface area contributed by atoms with Crippen molar-refractivity contribution in [3.63, 3.8) is 0 Å². The lowest BCUT2D eigenvalue weighted by Gasteiger charge is -2.25. The van der Waals surface area contributed by atoms with Crippen LogP contribution in [-0.2, 0) is 23.9 Å². The fourth-order valence-corrected chi connectivity index (χ4v) is 2.93. The van der Waals surface area contributed by atoms with Crippen molar-refractivity contribution in [2.45, 2.75) is 0 Å². The van der Waals surface area contributed by atoms with E-state index in [0.717, 1.165) is 4.47 Å². The molecule has 1 heterocycles. The Morgan fingerprint density at radius 2 is 1.91 bits per heavy atom. The fourth-order valence-electron chi connectivity index (χ4n) is 2.67. The first-order valence-electron chi connectivity index (χ1n) is 6.65. The van der Waals surface area contributed by atoms with Crippen molar-refractivity contribution < 1.29 is 23.9 Å². The van der Waals surface area contributed by atoms with Gasteiger partial charge in [0.05, 0.1) is 19.3 Å². The Hall–Kier alpha value is -2.17. The summed E-state index contributed by atoms with van der Waals surface area (Å²) in [5.74, 6) is 2.78. The van der Waals surface area contributed by atoms with Gasteiger partial charge in [-0.15, -0.1) is 0 Å². The molecule has 0 saturated carbocycles. The third-order valence-corrected chi connectivity index (χ3v) is 4.25. The van der Waals surface area contributed by atoms with E-state index in [0.29, 0.717) is 5.69 Å². The number of benzene rings is 1. The quantitative estimate of drug-likeness (QED) is 0.583. The van der Waals surface area contributed by atoms with Crippen molar-refractivity contribution in [1.82, 2.24) is 0 Å². The summed E-state index contributed by atoms with van der Waals surface area (Å²) in [6, 6.07) is 7.08. The lowest BCUT2D eigenvalue weighted by molar-refractivity contribution is -0.151. The van der Waals surface area contributed by atoms with Crippen molar-refractivity contribution in [3.05, 3.63) is 40.0 Å². The number of halogens is 1. The standard InChI is InChI=1S/C16H14BrNO5/c1-22-10-16(15(21)23-2)9-18(14(8-20)13(16)7-19)12-5-3-11(17)4-6-12/h3-6H,9-10H2,1-2H3. The van der Waals surface area contributed by atoms with Gasteiger partial charge in [0.15, 0.2) is 5.94 Å². The lowest BCUT2D eigenvalue weighted by atomic mass is 9.83. The smallest absolute Gasteiger partial charge is 0.321 e. The van der Waals surface area contributed by atoms with Gasteiger partial charge in [-0.1, -0.05) is 15.9 Å². The van der Waals surface area contributed by atoms with Crippen LogP contribution in [0.1, 0.15) is 0 Å². The first kappa shape index (κ1) is 17.2. The predicted molar refractivity (Wildman–Crippen MR) is 86.2 cm³/mol. The molecule has 0 bridgehead atoms. The molecular formula is C16H14BrNO5. The van der Waals surface area contributed by atoms with Crippen molar-refractivity contribution in [2.75, 3.05) is 32.3 Å². The summed E-state index contributed by atoms with van der Waals surface area (Å²) in [5.41, 5.74) is -0.916. The SMILES string of the molecule is COCC1(C(=O)OC)CN(c2ccc(Br)cc2)C(=C=O)C1=C=O. The van der Waals surface area contributed by atoms with Crippen LogP contribution in [0.4, 0.5) is 5.69 Å². The van der Waals surface area contributed by atoms with Crippen LogP contribution in [0, 0.1) is 5.41 Å². The van der Waals surface area contributed by atoms with Crippen molar-refractivity contribution in [3.8, 4) is 0 Å². The fraction of sp³-hybridized carbons (Fsp3) is 0.312. The van der Waals surface area contributed by atoms with E-state index >= 15 is 0 Å². The first-order valence-corrected chi connectivity index (χ1v) is 7.45. The predicted octanol–water partition coefficient (Wildman–Crippen LogP) is 1.55. The van der Waals surface area contributed by atoms with Crippen LogP contribution in [-0.4, -0.2) is 45.2 Å². The second-order valence-electron chi connectivity index (χ2n) is 5.00. The van der Waals surface area contributed by atoms with Gasteiger partial charge in [-0.3, -0.25) is 4.79 Å². The van der Waals surface area contributed by atoms with E-state index < -0.39 is 11.4 Å². The van der Waals surface area contributed by atoms with Gasteiger partial charge >= 0.3 is 5.97 Å². The van der Waals surface area contributed by atoms with Crippen LogP contribution >= 0.6 is 15.9 Å². The molecule has 0 aliphatic carbocycles. The Balaban J connectivity index is 2.60. The number of carbonyl (C=O) groups is 1. The summed E-state index contributed by atoms with van der Waals surface area (Å²) < 4.78 is 10.8. The maximum absolute atomic E-state index is 12.3. The third-order valence-electron chi connectivity index (χ3n) is 3.72. The monoisotopic (exact) mass is 379 g/mol. The summed E-state index contributed by atoms with van der Waals surface area (Å²) in [7, 11) is 2.62. The van der Waals surface area contributed by atoms with Crippen molar-refractivity contribution in [2.24, 2.45) is 5.41 Å². The zero-order valence-corrected chi connectivity index (χ0v) is 14.2. The Morgan fingerprint density at radius 1 is 1.26 bits per heavy atom. The molecule has 7 heteroatoms. The molecule has 1 aromatic rings. The van der Waals surface area contributed by atoms with Crippen LogP contribution in [0.5, 0.6) is 0 Å². The molecule has 1 atom stereocenters. The maximum atomic E-state index is 12.3. The molecule has 0 amide bonds. The summed E-state index contributed by atoms with van der Waals surface area (Å²) in [6.45, 7) is -0.0766.